The van der Waals surface area contributed by atoms with Crippen LogP contribution in [0.1, 0.15) is 17.3 Å². The number of carboxylic acids is 1. The molecule has 0 spiro atoms. The fraction of sp³-hybridized carbons (Fsp3) is 0.308. The molecule has 0 radical (unpaired) electrons. The van der Waals surface area contributed by atoms with Gasteiger partial charge in [-0.05, 0) is 12.1 Å². The van der Waals surface area contributed by atoms with Gasteiger partial charge in [0.05, 0.1) is 18.8 Å². The van der Waals surface area contributed by atoms with Crippen LogP contribution in [0, 0.1) is 0 Å². The van der Waals surface area contributed by atoms with Crippen LogP contribution < -0.4 is 20.5 Å². The molecular weight excluding hydrogens is 278 g/mol. The van der Waals surface area contributed by atoms with Gasteiger partial charge in [0.25, 0.3) is 5.91 Å². The number of carbonyl (C=O) groups excluding carboxylic acids is 2. The van der Waals surface area contributed by atoms with E-state index in [2.05, 4.69) is 10.9 Å². The van der Waals surface area contributed by atoms with Gasteiger partial charge in [-0.1, -0.05) is 6.07 Å². The Morgan fingerprint density at radius 2 is 2.10 bits per heavy atom. The molecule has 0 atom stereocenters. The summed E-state index contributed by atoms with van der Waals surface area (Å²) < 4.78 is 5.40. The van der Waals surface area contributed by atoms with E-state index in [1.54, 1.807) is 17.0 Å². The zero-order chi connectivity index (χ0) is 15.4. The van der Waals surface area contributed by atoms with Crippen LogP contribution in [0.15, 0.2) is 18.2 Å². The van der Waals surface area contributed by atoms with Gasteiger partial charge in [-0.2, -0.15) is 0 Å². The standard InChI is InChI=1S/C13H15N3O5/c1-8(17)14-15-11(18)7-16-5-6-21-12-9(13(19)20)3-2-4-10(12)16/h2-4H,5-7H2,1H3,(H,14,17)(H,15,18)(H,19,20). The number of nitrogens with one attached hydrogen (secondary N) is 2. The Morgan fingerprint density at radius 1 is 1.33 bits per heavy atom. The first-order valence-corrected chi connectivity index (χ1v) is 6.28. The molecule has 1 aromatic rings. The molecule has 1 aliphatic heterocycles. The first kappa shape index (κ1) is 14.6. The van der Waals surface area contributed by atoms with Crippen molar-refractivity contribution in [3.8, 4) is 5.75 Å². The second-order valence-corrected chi connectivity index (χ2v) is 4.46. The number of carbonyl (C=O) groups is 3. The Labute approximate surface area is 120 Å². The van der Waals surface area contributed by atoms with E-state index in [0.29, 0.717) is 12.2 Å². The van der Waals surface area contributed by atoms with Crippen molar-refractivity contribution in [1.82, 2.24) is 10.9 Å². The summed E-state index contributed by atoms with van der Waals surface area (Å²) in [4.78, 5) is 35.3. The van der Waals surface area contributed by atoms with Crippen LogP contribution in [-0.2, 0) is 9.59 Å². The first-order valence-electron chi connectivity index (χ1n) is 6.28. The molecular formula is C13H15N3O5. The molecule has 1 aliphatic rings. The minimum absolute atomic E-state index is 0.0142. The van der Waals surface area contributed by atoms with E-state index in [1.165, 1.54) is 13.0 Å². The maximum absolute atomic E-state index is 11.7. The quantitative estimate of drug-likeness (QED) is 0.663. The molecule has 1 aromatic carbocycles. The van der Waals surface area contributed by atoms with Gasteiger partial charge >= 0.3 is 5.97 Å². The fourth-order valence-corrected chi connectivity index (χ4v) is 2.01. The predicted octanol–water partition coefficient (Wildman–Crippen LogP) is -0.249. The van der Waals surface area contributed by atoms with Crippen LogP contribution in [0.4, 0.5) is 5.69 Å². The lowest BCUT2D eigenvalue weighted by Gasteiger charge is -2.31. The number of hydrogen-bond donors (Lipinski definition) is 3. The highest BCUT2D eigenvalue weighted by Gasteiger charge is 2.24. The summed E-state index contributed by atoms with van der Waals surface area (Å²) in [7, 11) is 0. The third-order valence-corrected chi connectivity index (χ3v) is 2.89. The smallest absolute Gasteiger partial charge is 0.339 e. The fourth-order valence-electron chi connectivity index (χ4n) is 2.01. The van der Waals surface area contributed by atoms with Crippen LogP contribution in [0.2, 0.25) is 0 Å². The molecule has 3 N–H and O–H groups in total. The van der Waals surface area contributed by atoms with Gasteiger partial charge in [0, 0.05) is 6.92 Å². The van der Waals surface area contributed by atoms with Gasteiger partial charge in [-0.25, -0.2) is 4.79 Å². The van der Waals surface area contributed by atoms with Gasteiger partial charge in [0.2, 0.25) is 5.91 Å². The number of anilines is 1. The van der Waals surface area contributed by atoms with E-state index in [1.807, 2.05) is 0 Å². The summed E-state index contributed by atoms with van der Waals surface area (Å²) >= 11 is 0. The Balaban J connectivity index is 2.15. The van der Waals surface area contributed by atoms with Crippen molar-refractivity contribution in [3.63, 3.8) is 0 Å². The second-order valence-electron chi connectivity index (χ2n) is 4.46. The molecule has 1 heterocycles. The van der Waals surface area contributed by atoms with Gasteiger partial charge in [-0.3, -0.25) is 20.4 Å². The third kappa shape index (κ3) is 3.41. The summed E-state index contributed by atoms with van der Waals surface area (Å²) in [6, 6.07) is 4.73. The largest absolute Gasteiger partial charge is 0.489 e. The molecule has 8 heteroatoms. The highest BCUT2D eigenvalue weighted by molar-refractivity contribution is 5.94. The van der Waals surface area contributed by atoms with E-state index < -0.39 is 11.9 Å². The number of fused-ring (bicyclic) bond motifs is 1. The zero-order valence-electron chi connectivity index (χ0n) is 11.4. The van der Waals surface area contributed by atoms with Gasteiger partial charge in [0.1, 0.15) is 12.2 Å². The van der Waals surface area contributed by atoms with E-state index in [0.717, 1.165) is 0 Å². The molecule has 0 aliphatic carbocycles. The molecule has 0 saturated heterocycles. The predicted molar refractivity (Wildman–Crippen MR) is 73.1 cm³/mol. The summed E-state index contributed by atoms with van der Waals surface area (Å²) in [6.45, 7) is 2.00. The second kappa shape index (κ2) is 6.12. The Hall–Kier alpha value is -2.77. The lowest BCUT2D eigenvalue weighted by molar-refractivity contribution is -0.127. The van der Waals surface area contributed by atoms with E-state index in [9.17, 15) is 14.4 Å². The summed E-state index contributed by atoms with van der Waals surface area (Å²) in [6.07, 6.45) is 0. The summed E-state index contributed by atoms with van der Waals surface area (Å²) in [5.41, 5.74) is 5.05. The van der Waals surface area contributed by atoms with E-state index >= 15 is 0 Å². The molecule has 2 amide bonds. The molecule has 2 rings (SSSR count). The lowest BCUT2D eigenvalue weighted by Crippen LogP contribution is -2.47. The number of carboxylic acid groups (broad SMARTS) is 1. The Kier molecular flexibility index (Phi) is 4.27. The Morgan fingerprint density at radius 3 is 2.76 bits per heavy atom. The van der Waals surface area contributed by atoms with Crippen molar-refractivity contribution in [3.05, 3.63) is 23.8 Å². The van der Waals surface area contributed by atoms with Gasteiger partial charge < -0.3 is 14.7 Å². The SMILES string of the molecule is CC(=O)NNC(=O)CN1CCOc2c(C(=O)O)cccc21. The van der Waals surface area contributed by atoms with Crippen molar-refractivity contribution in [2.24, 2.45) is 0 Å². The van der Waals surface area contributed by atoms with Crippen molar-refractivity contribution in [2.75, 3.05) is 24.6 Å². The molecule has 112 valence electrons. The van der Waals surface area contributed by atoms with Gasteiger partial charge in [-0.15, -0.1) is 0 Å². The van der Waals surface area contributed by atoms with Crippen LogP contribution in [0.5, 0.6) is 5.75 Å². The topological polar surface area (TPSA) is 108 Å². The lowest BCUT2D eigenvalue weighted by atomic mass is 10.1. The van der Waals surface area contributed by atoms with Crippen molar-refractivity contribution >= 4 is 23.5 Å². The number of hydrazine groups is 1. The normalized spacial score (nSPS) is 12.9. The number of amides is 2. The molecule has 0 bridgehead atoms. The van der Waals surface area contributed by atoms with Crippen molar-refractivity contribution in [2.45, 2.75) is 6.92 Å². The molecule has 0 fully saturated rings. The zero-order valence-corrected chi connectivity index (χ0v) is 11.4. The summed E-state index contributed by atoms with van der Waals surface area (Å²) in [5.74, 6) is -1.61. The third-order valence-electron chi connectivity index (χ3n) is 2.89. The van der Waals surface area contributed by atoms with Crippen LogP contribution in [0.3, 0.4) is 0 Å². The van der Waals surface area contributed by atoms with Crippen LogP contribution in [-0.4, -0.2) is 42.6 Å². The molecule has 0 saturated carbocycles. The molecule has 8 nitrogen and oxygen atoms in total. The molecule has 21 heavy (non-hydrogen) atoms. The number of hydrogen-bond acceptors (Lipinski definition) is 5. The number of rotatable bonds is 3. The van der Waals surface area contributed by atoms with E-state index in [4.69, 9.17) is 9.84 Å². The minimum Gasteiger partial charge on any atom is -0.489 e. The first-order chi connectivity index (χ1) is 9.99. The van der Waals surface area contributed by atoms with Gasteiger partial charge in [0.15, 0.2) is 5.75 Å². The molecule has 0 aromatic heterocycles. The van der Waals surface area contributed by atoms with Crippen molar-refractivity contribution < 1.29 is 24.2 Å². The summed E-state index contributed by atoms with van der Waals surface area (Å²) in [5, 5.41) is 9.13. The number of para-hydroxylation sites is 1. The highest BCUT2D eigenvalue weighted by Crippen LogP contribution is 2.34. The highest BCUT2D eigenvalue weighted by atomic mass is 16.5. The average Bonchev–Trinajstić information content (AvgIpc) is 2.44. The van der Waals surface area contributed by atoms with Crippen LogP contribution >= 0.6 is 0 Å². The minimum atomic E-state index is -1.09. The van der Waals surface area contributed by atoms with Crippen molar-refractivity contribution in [1.29, 1.82) is 0 Å². The molecule has 0 unspecified atom stereocenters. The van der Waals surface area contributed by atoms with E-state index in [-0.39, 0.29) is 30.4 Å². The monoisotopic (exact) mass is 293 g/mol. The van der Waals surface area contributed by atoms with Crippen LogP contribution in [0.25, 0.3) is 0 Å². The number of aromatic carboxylic acids is 1. The Bertz CT molecular complexity index is 587. The number of nitrogens with zero attached hydrogens (tertiary/aromatic N) is 1. The maximum Gasteiger partial charge on any atom is 0.339 e. The number of benzene rings is 1. The average molecular weight is 293 g/mol. The maximum atomic E-state index is 11.7. The number of ether oxygens (including phenoxy) is 1.